The van der Waals surface area contributed by atoms with Crippen LogP contribution >= 0.6 is 11.3 Å². The first kappa shape index (κ1) is 16.9. The van der Waals surface area contributed by atoms with E-state index in [9.17, 15) is 0 Å². The number of thiophene rings is 1. The van der Waals surface area contributed by atoms with Crippen LogP contribution in [-0.2, 0) is 4.74 Å². The van der Waals surface area contributed by atoms with Crippen LogP contribution in [0, 0.1) is 0 Å². The summed E-state index contributed by atoms with van der Waals surface area (Å²) in [6.45, 7) is 6.36. The van der Waals surface area contributed by atoms with Crippen molar-refractivity contribution < 1.29 is 4.74 Å². The third kappa shape index (κ3) is 6.36. The zero-order valence-electron chi connectivity index (χ0n) is 12.4. The second kappa shape index (κ2) is 10.7. The Balaban J connectivity index is 2.48. The number of rotatable bonds is 9. The van der Waals surface area contributed by atoms with Crippen LogP contribution in [0.25, 0.3) is 0 Å². The number of hydrogen-bond acceptors (Lipinski definition) is 4. The lowest BCUT2D eigenvalue weighted by molar-refractivity contribution is 0.146. The second-order valence-corrected chi connectivity index (χ2v) is 5.41. The maximum absolute atomic E-state index is 5.54. The highest BCUT2D eigenvalue weighted by Crippen LogP contribution is 2.22. The van der Waals surface area contributed by atoms with Crippen LogP contribution in [0.4, 0.5) is 0 Å². The van der Waals surface area contributed by atoms with E-state index in [1.807, 2.05) is 6.92 Å². The highest BCUT2D eigenvalue weighted by atomic mass is 32.1. The molecule has 1 atom stereocenters. The Morgan fingerprint density at radius 2 is 2.35 bits per heavy atom. The number of hydrazine groups is 1. The van der Waals surface area contributed by atoms with Gasteiger partial charge in [-0.2, -0.15) is 0 Å². The van der Waals surface area contributed by atoms with Crippen LogP contribution in [-0.4, -0.2) is 25.7 Å². The van der Waals surface area contributed by atoms with E-state index in [0.717, 1.165) is 32.5 Å². The fourth-order valence-electron chi connectivity index (χ4n) is 1.86. The molecule has 1 rings (SSSR count). The number of hydrogen-bond donors (Lipinski definition) is 3. The van der Waals surface area contributed by atoms with Crippen molar-refractivity contribution in [3.05, 3.63) is 22.4 Å². The summed E-state index contributed by atoms with van der Waals surface area (Å²) >= 11 is 1.75. The molecule has 20 heavy (non-hydrogen) atoms. The zero-order chi connectivity index (χ0) is 14.6. The minimum absolute atomic E-state index is 0.265. The molecule has 0 saturated heterocycles. The summed E-state index contributed by atoms with van der Waals surface area (Å²) in [6, 6.07) is 4.47. The molecule has 1 heterocycles. The average Bonchev–Trinajstić information content (AvgIpc) is 2.99. The predicted octanol–water partition coefficient (Wildman–Crippen LogP) is 2.42. The molecule has 6 heteroatoms. The molecule has 4 N–H and O–H groups in total. The van der Waals surface area contributed by atoms with E-state index in [4.69, 9.17) is 10.6 Å². The van der Waals surface area contributed by atoms with E-state index in [1.165, 1.54) is 4.88 Å². The molecule has 1 aromatic rings. The summed E-state index contributed by atoms with van der Waals surface area (Å²) in [6.07, 6.45) is 3.07. The van der Waals surface area contributed by atoms with Crippen LogP contribution in [0.3, 0.4) is 0 Å². The highest BCUT2D eigenvalue weighted by Gasteiger charge is 2.12. The van der Waals surface area contributed by atoms with E-state index in [2.05, 4.69) is 40.2 Å². The van der Waals surface area contributed by atoms with Crippen LogP contribution in [0.2, 0.25) is 0 Å². The summed E-state index contributed by atoms with van der Waals surface area (Å²) in [7, 11) is 0. The van der Waals surface area contributed by atoms with Crippen LogP contribution in [0.15, 0.2) is 22.5 Å². The van der Waals surface area contributed by atoms with Gasteiger partial charge in [-0.25, -0.2) is 5.84 Å². The first-order chi connectivity index (χ1) is 9.81. The molecule has 1 aromatic heterocycles. The van der Waals surface area contributed by atoms with Crippen molar-refractivity contribution in [3.8, 4) is 0 Å². The van der Waals surface area contributed by atoms with Gasteiger partial charge in [-0.1, -0.05) is 19.4 Å². The van der Waals surface area contributed by atoms with Crippen molar-refractivity contribution in [2.24, 2.45) is 10.8 Å². The van der Waals surface area contributed by atoms with Gasteiger partial charge in [0, 0.05) is 24.6 Å². The van der Waals surface area contributed by atoms with Gasteiger partial charge in [0.2, 0.25) is 5.96 Å². The zero-order valence-corrected chi connectivity index (χ0v) is 13.2. The van der Waals surface area contributed by atoms with E-state index in [-0.39, 0.29) is 6.04 Å². The number of ether oxygens (including phenoxy) is 1. The molecule has 0 fully saturated rings. The molecule has 0 saturated carbocycles. The van der Waals surface area contributed by atoms with Crippen LogP contribution < -0.4 is 16.6 Å². The van der Waals surface area contributed by atoms with Gasteiger partial charge in [-0.15, -0.1) is 11.3 Å². The summed E-state index contributed by atoms with van der Waals surface area (Å²) < 4.78 is 5.29. The normalized spacial score (nSPS) is 13.2. The third-order valence-electron chi connectivity index (χ3n) is 2.83. The van der Waals surface area contributed by atoms with E-state index < -0.39 is 0 Å². The molecule has 114 valence electrons. The Labute approximate surface area is 125 Å². The minimum atomic E-state index is 0.265. The Morgan fingerprint density at radius 1 is 1.50 bits per heavy atom. The molecule has 5 nitrogen and oxygen atoms in total. The Bertz CT molecular complexity index is 367. The van der Waals surface area contributed by atoms with Crippen molar-refractivity contribution in [3.63, 3.8) is 0 Å². The van der Waals surface area contributed by atoms with Crippen LogP contribution in [0.5, 0.6) is 0 Å². The molecule has 0 amide bonds. The fraction of sp³-hybridized carbons (Fsp3) is 0.643. The van der Waals surface area contributed by atoms with Gasteiger partial charge in [0.15, 0.2) is 0 Å². The minimum Gasteiger partial charge on any atom is -0.382 e. The van der Waals surface area contributed by atoms with E-state index in [1.54, 1.807) is 11.3 Å². The largest absolute Gasteiger partial charge is 0.382 e. The molecular formula is C14H26N4OS. The maximum Gasteiger partial charge on any atom is 0.206 e. The van der Waals surface area contributed by atoms with Crippen molar-refractivity contribution in [2.75, 3.05) is 19.8 Å². The number of nitrogens with two attached hydrogens (primary N) is 1. The molecule has 0 bridgehead atoms. The van der Waals surface area contributed by atoms with Crippen LogP contribution in [0.1, 0.15) is 44.0 Å². The molecule has 0 radical (unpaired) electrons. The number of guanidine groups is 1. The SMILES string of the molecule is CCCC(NC(=NCCCOCC)NN)c1cccs1. The lowest BCUT2D eigenvalue weighted by Gasteiger charge is -2.19. The summed E-state index contributed by atoms with van der Waals surface area (Å²) in [5, 5.41) is 5.47. The molecule has 1 unspecified atom stereocenters. The monoisotopic (exact) mass is 298 g/mol. The van der Waals surface area contributed by atoms with Crippen molar-refractivity contribution in [1.82, 2.24) is 10.7 Å². The second-order valence-electron chi connectivity index (χ2n) is 4.43. The molecule has 0 aliphatic rings. The molecule has 0 aliphatic heterocycles. The third-order valence-corrected chi connectivity index (χ3v) is 3.82. The number of aliphatic imine (C=N–C) groups is 1. The lowest BCUT2D eigenvalue weighted by atomic mass is 10.1. The fourth-order valence-corrected chi connectivity index (χ4v) is 2.68. The van der Waals surface area contributed by atoms with Gasteiger partial charge in [-0.3, -0.25) is 10.4 Å². The standard InChI is InChI=1S/C14H26N4OS/c1-3-7-12(13-8-5-11-20-13)17-14(18-15)16-9-6-10-19-4-2/h5,8,11-12H,3-4,6-7,9-10,15H2,1-2H3,(H2,16,17,18). The first-order valence-electron chi connectivity index (χ1n) is 7.20. The smallest absolute Gasteiger partial charge is 0.206 e. The highest BCUT2D eigenvalue weighted by molar-refractivity contribution is 7.10. The average molecular weight is 298 g/mol. The quantitative estimate of drug-likeness (QED) is 0.215. The Morgan fingerprint density at radius 3 is 2.95 bits per heavy atom. The molecule has 0 aliphatic carbocycles. The van der Waals surface area contributed by atoms with E-state index >= 15 is 0 Å². The summed E-state index contributed by atoms with van der Waals surface area (Å²) in [4.78, 5) is 5.75. The number of nitrogens with zero attached hydrogens (tertiary/aromatic N) is 1. The van der Waals surface area contributed by atoms with Gasteiger partial charge in [0.25, 0.3) is 0 Å². The maximum atomic E-state index is 5.54. The van der Waals surface area contributed by atoms with Gasteiger partial charge in [0.05, 0.1) is 6.04 Å². The molecular weight excluding hydrogens is 272 g/mol. The Hall–Kier alpha value is -1.11. The summed E-state index contributed by atoms with van der Waals surface area (Å²) in [5.74, 6) is 6.19. The predicted molar refractivity (Wildman–Crippen MR) is 85.8 cm³/mol. The first-order valence-corrected chi connectivity index (χ1v) is 8.08. The molecule has 0 spiro atoms. The van der Waals surface area contributed by atoms with Gasteiger partial charge in [-0.05, 0) is 31.2 Å². The van der Waals surface area contributed by atoms with Gasteiger partial charge in [0.1, 0.15) is 0 Å². The topological polar surface area (TPSA) is 71.7 Å². The van der Waals surface area contributed by atoms with E-state index in [0.29, 0.717) is 12.5 Å². The van der Waals surface area contributed by atoms with Crippen molar-refractivity contribution in [1.29, 1.82) is 0 Å². The number of nitrogens with one attached hydrogen (secondary N) is 2. The van der Waals surface area contributed by atoms with Gasteiger partial charge >= 0.3 is 0 Å². The van der Waals surface area contributed by atoms with Crippen molar-refractivity contribution >= 4 is 17.3 Å². The summed E-state index contributed by atoms with van der Waals surface area (Å²) in [5.41, 5.74) is 2.65. The van der Waals surface area contributed by atoms with Crippen molar-refractivity contribution in [2.45, 2.75) is 39.2 Å². The Kier molecular flexibility index (Phi) is 9.02. The lowest BCUT2D eigenvalue weighted by Crippen LogP contribution is -2.43. The van der Waals surface area contributed by atoms with Gasteiger partial charge < -0.3 is 10.1 Å². The molecule has 0 aromatic carbocycles.